The van der Waals surface area contributed by atoms with E-state index < -0.39 is 13.9 Å². The van der Waals surface area contributed by atoms with Gasteiger partial charge in [-0.25, -0.2) is 4.57 Å². The number of carbonyl (C=O) groups is 1. The Labute approximate surface area is 347 Å². The number of carbonyl (C=O) groups excluding carboxylic acids is 1. The molecule has 2 unspecified atom stereocenters. The summed E-state index contributed by atoms with van der Waals surface area (Å²) in [5.74, 6) is -0.314. The quantitative estimate of drug-likeness (QED) is 0.0215. The van der Waals surface area contributed by atoms with Gasteiger partial charge in [0, 0.05) is 13.0 Å². The second-order valence-electron chi connectivity index (χ2n) is 17.1. The normalized spacial score (nSPS) is 13.9. The molecule has 0 aromatic carbocycles. The zero-order valence-electron chi connectivity index (χ0n) is 37.6. The number of ether oxygens (including phenoxy) is 2. The summed E-state index contributed by atoms with van der Waals surface area (Å²) >= 11 is 0. The highest BCUT2D eigenvalue weighted by molar-refractivity contribution is 7.47. The Morgan fingerprint density at radius 2 is 1.02 bits per heavy atom. The molecule has 0 amide bonds. The zero-order valence-corrected chi connectivity index (χ0v) is 38.5. The number of nitrogens with zero attached hydrogens (tertiary/aromatic N) is 1. The molecule has 0 bridgehead atoms. The van der Waals surface area contributed by atoms with Gasteiger partial charge in [0.05, 0.1) is 34.4 Å². The van der Waals surface area contributed by atoms with E-state index in [0.29, 0.717) is 24.1 Å². The Hall–Kier alpha value is -1.02. The Bertz CT molecular complexity index is 951. The van der Waals surface area contributed by atoms with Crippen LogP contribution in [-0.2, 0) is 27.9 Å². The van der Waals surface area contributed by atoms with Crippen molar-refractivity contribution >= 4 is 13.8 Å². The minimum absolute atomic E-state index is 0.0884. The average Bonchev–Trinajstić information content (AvgIpc) is 3.15. The van der Waals surface area contributed by atoms with Crippen LogP contribution in [0.5, 0.6) is 0 Å². The number of rotatable bonds is 44. The van der Waals surface area contributed by atoms with E-state index in [0.717, 1.165) is 44.9 Å². The first-order valence-electron chi connectivity index (χ1n) is 23.6. The zero-order chi connectivity index (χ0) is 41.3. The molecule has 332 valence electrons. The molecule has 0 saturated carbocycles. The van der Waals surface area contributed by atoms with Gasteiger partial charge in [0.15, 0.2) is 0 Å². The summed E-state index contributed by atoms with van der Waals surface area (Å²) in [6.45, 7) is 5.57. The van der Waals surface area contributed by atoms with E-state index in [2.05, 4.69) is 38.2 Å². The van der Waals surface area contributed by atoms with Crippen molar-refractivity contribution in [3.63, 3.8) is 0 Å². The molecule has 0 aliphatic heterocycles. The molecule has 0 rings (SSSR count). The van der Waals surface area contributed by atoms with Crippen LogP contribution in [0.2, 0.25) is 0 Å². The first-order chi connectivity index (χ1) is 27.1. The van der Waals surface area contributed by atoms with E-state index in [-0.39, 0.29) is 25.8 Å². The molecule has 0 aliphatic carbocycles. The number of esters is 1. The van der Waals surface area contributed by atoms with Crippen LogP contribution >= 0.6 is 7.82 Å². The molecule has 8 nitrogen and oxygen atoms in total. The smallest absolute Gasteiger partial charge is 0.457 e. The largest absolute Gasteiger partial charge is 0.472 e. The van der Waals surface area contributed by atoms with Crippen molar-refractivity contribution in [2.75, 3.05) is 54.1 Å². The molecule has 0 aromatic rings. The average molecular weight is 815 g/mol. The molecule has 0 aliphatic rings. The lowest BCUT2D eigenvalue weighted by Gasteiger charge is -2.24. The molecule has 0 aromatic heterocycles. The van der Waals surface area contributed by atoms with E-state index in [1.54, 1.807) is 0 Å². The third-order valence-electron chi connectivity index (χ3n) is 10.2. The molecule has 2 atom stereocenters. The van der Waals surface area contributed by atoms with Gasteiger partial charge >= 0.3 is 13.8 Å². The Balaban J connectivity index is 4.14. The monoisotopic (exact) mass is 815 g/mol. The highest BCUT2D eigenvalue weighted by Crippen LogP contribution is 2.43. The van der Waals surface area contributed by atoms with Gasteiger partial charge in [-0.2, -0.15) is 0 Å². The predicted octanol–water partition coefficient (Wildman–Crippen LogP) is 14.0. The maximum absolute atomic E-state index is 12.7. The highest BCUT2D eigenvalue weighted by atomic mass is 31.2. The SMILES string of the molecule is CCC/C=C\C/C=C\CCCCCCCCOCC(COP(=O)(O)OCC[N+](C)(C)C)OC(=O)CCCCCCCCCCCCCCCCCCCCCC. The van der Waals surface area contributed by atoms with Crippen molar-refractivity contribution in [1.82, 2.24) is 0 Å². The van der Waals surface area contributed by atoms with Crippen LogP contribution in [0.25, 0.3) is 0 Å². The summed E-state index contributed by atoms with van der Waals surface area (Å²) in [4.78, 5) is 22.9. The van der Waals surface area contributed by atoms with Crippen LogP contribution in [0, 0.1) is 0 Å². The van der Waals surface area contributed by atoms with Gasteiger partial charge in [0.2, 0.25) is 0 Å². The van der Waals surface area contributed by atoms with Gasteiger partial charge in [-0.3, -0.25) is 13.8 Å². The van der Waals surface area contributed by atoms with Crippen molar-refractivity contribution in [1.29, 1.82) is 0 Å². The molecule has 56 heavy (non-hydrogen) atoms. The van der Waals surface area contributed by atoms with E-state index in [1.807, 2.05) is 21.1 Å². The fourth-order valence-electron chi connectivity index (χ4n) is 6.59. The second-order valence-corrected chi connectivity index (χ2v) is 18.6. The van der Waals surface area contributed by atoms with Crippen LogP contribution in [0.3, 0.4) is 0 Å². The van der Waals surface area contributed by atoms with Crippen molar-refractivity contribution in [2.24, 2.45) is 0 Å². The lowest BCUT2D eigenvalue weighted by molar-refractivity contribution is -0.870. The van der Waals surface area contributed by atoms with Crippen LogP contribution in [0.4, 0.5) is 0 Å². The fourth-order valence-corrected chi connectivity index (χ4v) is 7.33. The summed E-state index contributed by atoms with van der Waals surface area (Å²) in [5.41, 5.74) is 0. The van der Waals surface area contributed by atoms with Crippen LogP contribution in [0.1, 0.15) is 213 Å². The maximum atomic E-state index is 12.7. The third kappa shape index (κ3) is 44.1. The number of likely N-dealkylation sites (N-methyl/N-ethyl adjacent to an activating group) is 1. The lowest BCUT2D eigenvalue weighted by Crippen LogP contribution is -2.37. The lowest BCUT2D eigenvalue weighted by atomic mass is 10.0. The van der Waals surface area contributed by atoms with Crippen LogP contribution in [-0.4, -0.2) is 75.6 Å². The highest BCUT2D eigenvalue weighted by Gasteiger charge is 2.26. The Morgan fingerprint density at radius 3 is 1.52 bits per heavy atom. The third-order valence-corrected chi connectivity index (χ3v) is 11.2. The van der Waals surface area contributed by atoms with Crippen molar-refractivity contribution < 1.29 is 37.3 Å². The number of phosphoric acid groups is 1. The number of allylic oxidation sites excluding steroid dienone is 4. The molecule has 0 heterocycles. The number of hydrogen-bond donors (Lipinski definition) is 1. The van der Waals surface area contributed by atoms with E-state index in [9.17, 15) is 14.3 Å². The first-order valence-corrected chi connectivity index (χ1v) is 25.1. The summed E-state index contributed by atoms with van der Waals surface area (Å²) < 4.78 is 35.0. The molecule has 1 N–H and O–H groups in total. The number of hydrogen-bond acceptors (Lipinski definition) is 6. The van der Waals surface area contributed by atoms with Crippen molar-refractivity contribution in [3.8, 4) is 0 Å². The first kappa shape index (κ1) is 55.0. The van der Waals surface area contributed by atoms with Gasteiger partial charge in [-0.1, -0.05) is 192 Å². The minimum Gasteiger partial charge on any atom is -0.457 e. The Kier molecular flexibility index (Phi) is 40.0. The molecule has 0 fully saturated rings. The number of unbranched alkanes of at least 4 members (excludes halogenated alkanes) is 26. The summed E-state index contributed by atoms with van der Waals surface area (Å²) in [5, 5.41) is 0. The van der Waals surface area contributed by atoms with E-state index in [1.165, 1.54) is 148 Å². The standard InChI is InChI=1S/C47H92NO7P/c1-6-8-10-12-14-16-18-20-22-23-24-25-26-27-28-30-32-34-36-38-40-47(49)55-46(45-54-56(50,51)53-43-41-48(3,4)5)44-52-42-39-37-35-33-31-29-21-19-17-15-13-11-9-7-2/h11,13,17,19,46H,6-10,12,14-16,18,20-45H2,1-5H3/p+1/b13-11-,19-17-. The van der Waals surface area contributed by atoms with E-state index >= 15 is 0 Å². The van der Waals surface area contributed by atoms with Crippen molar-refractivity contribution in [3.05, 3.63) is 24.3 Å². The fraction of sp³-hybridized carbons (Fsp3) is 0.894. The van der Waals surface area contributed by atoms with Crippen molar-refractivity contribution in [2.45, 2.75) is 219 Å². The molecule has 0 saturated heterocycles. The summed E-state index contributed by atoms with van der Waals surface area (Å²) in [7, 11) is 1.67. The Morgan fingerprint density at radius 1 is 0.554 bits per heavy atom. The van der Waals surface area contributed by atoms with Crippen LogP contribution < -0.4 is 0 Å². The maximum Gasteiger partial charge on any atom is 0.472 e. The molecule has 0 radical (unpaired) electrons. The molecular weight excluding hydrogens is 721 g/mol. The topological polar surface area (TPSA) is 91.3 Å². The van der Waals surface area contributed by atoms with Gasteiger partial charge < -0.3 is 18.9 Å². The number of quaternary nitrogens is 1. The summed E-state index contributed by atoms with van der Waals surface area (Å²) in [6.07, 6.45) is 46.4. The van der Waals surface area contributed by atoms with Gasteiger partial charge in [-0.05, 0) is 38.5 Å². The van der Waals surface area contributed by atoms with E-state index in [4.69, 9.17) is 18.5 Å². The molecule has 9 heteroatoms. The van der Waals surface area contributed by atoms with Gasteiger partial charge in [0.25, 0.3) is 0 Å². The van der Waals surface area contributed by atoms with Gasteiger partial charge in [-0.15, -0.1) is 0 Å². The number of phosphoric ester groups is 1. The molecular formula is C47H93NO7P+. The molecule has 0 spiro atoms. The van der Waals surface area contributed by atoms with Gasteiger partial charge in [0.1, 0.15) is 19.3 Å². The predicted molar refractivity (Wildman–Crippen MR) is 238 cm³/mol. The van der Waals surface area contributed by atoms with Crippen LogP contribution in [0.15, 0.2) is 24.3 Å². The minimum atomic E-state index is -4.27. The summed E-state index contributed by atoms with van der Waals surface area (Å²) in [6, 6.07) is 0. The second kappa shape index (κ2) is 40.7.